The first kappa shape index (κ1) is 19.8. The third-order valence-corrected chi connectivity index (χ3v) is 6.12. The van der Waals surface area contributed by atoms with Gasteiger partial charge in [-0.3, -0.25) is 9.59 Å². The highest BCUT2D eigenvalue weighted by Crippen LogP contribution is 2.21. The van der Waals surface area contributed by atoms with Crippen molar-refractivity contribution in [3.63, 3.8) is 0 Å². The molecule has 144 valence electrons. The van der Waals surface area contributed by atoms with Gasteiger partial charge in [-0.2, -0.15) is 0 Å². The Morgan fingerprint density at radius 1 is 1.33 bits per heavy atom. The summed E-state index contributed by atoms with van der Waals surface area (Å²) in [6, 6.07) is 6.87. The van der Waals surface area contributed by atoms with E-state index in [0.29, 0.717) is 36.1 Å². The van der Waals surface area contributed by atoms with E-state index in [0.717, 1.165) is 23.5 Å². The number of rotatable bonds is 5. The van der Waals surface area contributed by atoms with Crippen LogP contribution in [0.4, 0.5) is 0 Å². The lowest BCUT2D eigenvalue weighted by molar-refractivity contribution is -0.126. The second kappa shape index (κ2) is 8.85. The Bertz CT molecular complexity index is 804. The number of halogens is 1. The monoisotopic (exact) mass is 405 g/mol. The van der Waals surface area contributed by atoms with Gasteiger partial charge in [-0.05, 0) is 37.1 Å². The van der Waals surface area contributed by atoms with Crippen molar-refractivity contribution in [3.8, 4) is 0 Å². The van der Waals surface area contributed by atoms with Crippen molar-refractivity contribution in [1.82, 2.24) is 15.2 Å². The first-order valence-corrected chi connectivity index (χ1v) is 10.5. The van der Waals surface area contributed by atoms with E-state index >= 15 is 0 Å². The van der Waals surface area contributed by atoms with Crippen LogP contribution in [0.3, 0.4) is 0 Å². The fourth-order valence-corrected chi connectivity index (χ4v) is 4.10. The van der Waals surface area contributed by atoms with Crippen molar-refractivity contribution in [2.24, 2.45) is 5.92 Å². The van der Waals surface area contributed by atoms with E-state index in [4.69, 9.17) is 11.6 Å². The molecule has 1 saturated heterocycles. The molecule has 0 spiro atoms. The van der Waals surface area contributed by atoms with Crippen LogP contribution in [-0.2, 0) is 11.3 Å². The summed E-state index contributed by atoms with van der Waals surface area (Å²) >= 11 is 7.51. The molecule has 7 heteroatoms. The summed E-state index contributed by atoms with van der Waals surface area (Å²) in [5.41, 5.74) is 1.49. The molecule has 5 nitrogen and oxygen atoms in total. The molecule has 1 aromatic carbocycles. The zero-order chi connectivity index (χ0) is 19.4. The second-order valence-corrected chi connectivity index (χ2v) is 8.47. The SMILES string of the molecule is CC(C)c1nc(CNC(=O)C2CCCN(C(=O)c3ccc(Cl)cc3)C2)cs1. The summed E-state index contributed by atoms with van der Waals surface area (Å²) in [4.78, 5) is 31.5. The van der Waals surface area contributed by atoms with Crippen LogP contribution in [0.1, 0.15) is 53.7 Å². The largest absolute Gasteiger partial charge is 0.350 e. The van der Waals surface area contributed by atoms with Crippen LogP contribution >= 0.6 is 22.9 Å². The minimum atomic E-state index is -0.182. The van der Waals surface area contributed by atoms with Crippen molar-refractivity contribution in [1.29, 1.82) is 0 Å². The summed E-state index contributed by atoms with van der Waals surface area (Å²) in [5, 5.41) is 6.65. The van der Waals surface area contributed by atoms with Crippen molar-refractivity contribution < 1.29 is 9.59 Å². The van der Waals surface area contributed by atoms with Crippen LogP contribution in [0, 0.1) is 5.92 Å². The van der Waals surface area contributed by atoms with Gasteiger partial charge in [0.05, 0.1) is 23.2 Å². The van der Waals surface area contributed by atoms with Crippen LogP contribution in [0.5, 0.6) is 0 Å². The van der Waals surface area contributed by atoms with Crippen LogP contribution in [0.15, 0.2) is 29.6 Å². The highest BCUT2D eigenvalue weighted by molar-refractivity contribution is 7.09. The number of amides is 2. The maximum absolute atomic E-state index is 12.7. The van der Waals surface area contributed by atoms with Gasteiger partial charge in [-0.25, -0.2) is 4.98 Å². The Morgan fingerprint density at radius 3 is 2.74 bits per heavy atom. The summed E-state index contributed by atoms with van der Waals surface area (Å²) < 4.78 is 0. The lowest BCUT2D eigenvalue weighted by Gasteiger charge is -2.32. The number of thiazole rings is 1. The number of hydrogen-bond acceptors (Lipinski definition) is 4. The van der Waals surface area contributed by atoms with Crippen molar-refractivity contribution >= 4 is 34.8 Å². The molecular weight excluding hydrogens is 382 g/mol. The average molecular weight is 406 g/mol. The molecule has 0 radical (unpaired) electrons. The van der Waals surface area contributed by atoms with E-state index in [1.165, 1.54) is 0 Å². The van der Waals surface area contributed by atoms with Gasteiger partial charge in [0.15, 0.2) is 0 Å². The Balaban J connectivity index is 1.55. The molecule has 1 aliphatic rings. The molecule has 1 unspecified atom stereocenters. The number of likely N-dealkylation sites (tertiary alicyclic amines) is 1. The van der Waals surface area contributed by atoms with Crippen LogP contribution < -0.4 is 5.32 Å². The van der Waals surface area contributed by atoms with E-state index in [1.807, 2.05) is 5.38 Å². The standard InChI is InChI=1S/C20H24ClN3O2S/c1-13(2)19-23-17(12-27-19)10-22-18(25)15-4-3-9-24(11-15)20(26)14-5-7-16(21)8-6-14/h5-8,12-13,15H,3-4,9-11H2,1-2H3,(H,22,25). The summed E-state index contributed by atoms with van der Waals surface area (Å²) in [6.45, 7) is 5.77. The van der Waals surface area contributed by atoms with E-state index in [2.05, 4.69) is 24.1 Å². The zero-order valence-corrected chi connectivity index (χ0v) is 17.1. The average Bonchev–Trinajstić information content (AvgIpc) is 3.16. The van der Waals surface area contributed by atoms with Crippen molar-refractivity contribution in [2.45, 2.75) is 39.2 Å². The van der Waals surface area contributed by atoms with Gasteiger partial charge >= 0.3 is 0 Å². The molecule has 0 bridgehead atoms. The van der Waals surface area contributed by atoms with Gasteiger partial charge in [-0.15, -0.1) is 11.3 Å². The van der Waals surface area contributed by atoms with Crippen LogP contribution in [0.25, 0.3) is 0 Å². The smallest absolute Gasteiger partial charge is 0.253 e. The fourth-order valence-electron chi connectivity index (χ4n) is 3.14. The van der Waals surface area contributed by atoms with E-state index in [9.17, 15) is 9.59 Å². The Morgan fingerprint density at radius 2 is 2.07 bits per heavy atom. The quantitative estimate of drug-likeness (QED) is 0.814. The van der Waals surface area contributed by atoms with Crippen molar-refractivity contribution in [3.05, 3.63) is 50.9 Å². The van der Waals surface area contributed by atoms with Gasteiger partial charge in [0, 0.05) is 35.0 Å². The highest BCUT2D eigenvalue weighted by atomic mass is 35.5. The first-order valence-electron chi connectivity index (χ1n) is 9.21. The highest BCUT2D eigenvalue weighted by Gasteiger charge is 2.28. The Labute approximate surface area is 168 Å². The lowest BCUT2D eigenvalue weighted by Crippen LogP contribution is -2.45. The molecule has 2 heterocycles. The predicted octanol–water partition coefficient (Wildman–Crippen LogP) is 4.09. The number of carbonyl (C=O) groups excluding carboxylic acids is 2. The minimum Gasteiger partial charge on any atom is -0.350 e. The van der Waals surface area contributed by atoms with Gasteiger partial charge < -0.3 is 10.2 Å². The number of benzene rings is 1. The number of hydrogen-bond donors (Lipinski definition) is 1. The molecule has 1 fully saturated rings. The molecule has 0 saturated carbocycles. The van der Waals surface area contributed by atoms with E-state index in [1.54, 1.807) is 40.5 Å². The molecule has 2 aromatic rings. The fraction of sp³-hybridized carbons (Fsp3) is 0.450. The molecule has 1 N–H and O–H groups in total. The van der Waals surface area contributed by atoms with Gasteiger partial charge in [0.25, 0.3) is 5.91 Å². The molecule has 0 aliphatic carbocycles. The number of piperidine rings is 1. The maximum Gasteiger partial charge on any atom is 0.253 e. The normalized spacial score (nSPS) is 17.2. The van der Waals surface area contributed by atoms with Crippen molar-refractivity contribution in [2.75, 3.05) is 13.1 Å². The van der Waals surface area contributed by atoms with Crippen LogP contribution in [0.2, 0.25) is 5.02 Å². The maximum atomic E-state index is 12.7. The summed E-state index contributed by atoms with van der Waals surface area (Å²) in [5.74, 6) is 0.149. The zero-order valence-electron chi connectivity index (χ0n) is 15.6. The second-order valence-electron chi connectivity index (χ2n) is 7.15. The number of aromatic nitrogens is 1. The third-order valence-electron chi connectivity index (χ3n) is 4.68. The first-order chi connectivity index (χ1) is 12.9. The van der Waals surface area contributed by atoms with E-state index in [-0.39, 0.29) is 17.7 Å². The Hall–Kier alpha value is -1.92. The van der Waals surface area contributed by atoms with Crippen LogP contribution in [-0.4, -0.2) is 34.8 Å². The van der Waals surface area contributed by atoms with E-state index < -0.39 is 0 Å². The topological polar surface area (TPSA) is 62.3 Å². The summed E-state index contributed by atoms with van der Waals surface area (Å²) in [6.07, 6.45) is 1.62. The minimum absolute atomic E-state index is 0.0114. The van der Waals surface area contributed by atoms with Gasteiger partial charge in [-0.1, -0.05) is 25.4 Å². The molecule has 1 atom stereocenters. The lowest BCUT2D eigenvalue weighted by atomic mass is 9.96. The van der Waals surface area contributed by atoms with Gasteiger partial charge in [0.2, 0.25) is 5.91 Å². The predicted molar refractivity (Wildman–Crippen MR) is 108 cm³/mol. The number of nitrogens with one attached hydrogen (secondary N) is 1. The molecule has 1 aromatic heterocycles. The Kier molecular flexibility index (Phi) is 6.50. The molecule has 2 amide bonds. The molecule has 3 rings (SSSR count). The third kappa shape index (κ3) is 5.08. The molecule has 1 aliphatic heterocycles. The number of carbonyl (C=O) groups is 2. The van der Waals surface area contributed by atoms with Gasteiger partial charge in [0.1, 0.15) is 0 Å². The number of nitrogens with zero attached hydrogens (tertiary/aromatic N) is 2. The molecule has 27 heavy (non-hydrogen) atoms. The molecular formula is C20H24ClN3O2S. The summed E-state index contributed by atoms with van der Waals surface area (Å²) in [7, 11) is 0.